The summed E-state index contributed by atoms with van der Waals surface area (Å²) in [7, 11) is 0. The number of hydrogen-bond acceptors (Lipinski definition) is 8. The molecule has 9 heteroatoms. The predicted octanol–water partition coefficient (Wildman–Crippen LogP) is -0.274. The molecule has 0 aliphatic carbocycles. The van der Waals surface area contributed by atoms with Gasteiger partial charge in [-0.1, -0.05) is 0 Å². The van der Waals surface area contributed by atoms with Gasteiger partial charge < -0.3 is 16.6 Å². The number of hydrogen-bond donors (Lipinski definition) is 4. The number of H-pyrrole nitrogens is 1. The molecule has 22 heavy (non-hydrogen) atoms. The number of ketones is 1. The Morgan fingerprint density at radius 1 is 1.23 bits per heavy atom. The molecule has 0 saturated heterocycles. The number of nitrogen functional groups attached to an aromatic ring is 2. The van der Waals surface area contributed by atoms with Crippen LogP contribution in [-0.4, -0.2) is 30.8 Å². The molecule has 0 atom stereocenters. The van der Waals surface area contributed by atoms with Gasteiger partial charge in [0.2, 0.25) is 5.95 Å². The van der Waals surface area contributed by atoms with E-state index in [2.05, 4.69) is 19.9 Å². The molecule has 0 bridgehead atoms. The van der Waals surface area contributed by atoms with Gasteiger partial charge in [-0.15, -0.1) is 0 Å². The van der Waals surface area contributed by atoms with Crippen molar-refractivity contribution in [2.75, 3.05) is 11.5 Å². The van der Waals surface area contributed by atoms with Crippen LogP contribution in [-0.2, 0) is 4.79 Å². The maximum absolute atomic E-state index is 11.7. The first kappa shape index (κ1) is 14.9. The average molecular weight is 300 g/mol. The maximum Gasteiger partial charge on any atom is 0.252 e. The van der Waals surface area contributed by atoms with E-state index in [1.807, 2.05) is 0 Å². The Morgan fingerprint density at radius 2 is 1.95 bits per heavy atom. The van der Waals surface area contributed by atoms with E-state index in [1.54, 1.807) is 0 Å². The number of rotatable bonds is 4. The van der Waals surface area contributed by atoms with Crippen molar-refractivity contribution < 1.29 is 9.90 Å². The number of aromatic hydroxyl groups is 1. The van der Waals surface area contributed by atoms with Crippen LogP contribution in [0.5, 0.6) is 5.75 Å². The first-order valence-electron chi connectivity index (χ1n) is 6.02. The molecule has 0 amide bonds. The summed E-state index contributed by atoms with van der Waals surface area (Å²) in [5.41, 5.74) is 10.6. The highest BCUT2D eigenvalue weighted by Gasteiger charge is 2.00. The van der Waals surface area contributed by atoms with Crippen LogP contribution >= 0.6 is 0 Å². The second kappa shape index (κ2) is 6.31. The van der Waals surface area contributed by atoms with Crippen molar-refractivity contribution in [3.8, 4) is 5.75 Å². The third-order valence-corrected chi connectivity index (χ3v) is 2.41. The van der Waals surface area contributed by atoms with E-state index in [0.717, 1.165) is 6.20 Å². The van der Waals surface area contributed by atoms with E-state index in [9.17, 15) is 14.7 Å². The summed E-state index contributed by atoms with van der Waals surface area (Å²) in [5.74, 6) is -0.559. The molecule has 0 unspecified atom stereocenters. The number of anilines is 2. The Balaban J connectivity index is 2.08. The Labute approximate surface area is 124 Å². The molecule has 2 aromatic heterocycles. The Morgan fingerprint density at radius 3 is 2.64 bits per heavy atom. The van der Waals surface area contributed by atoms with Crippen molar-refractivity contribution in [3.63, 3.8) is 0 Å². The molecule has 9 nitrogen and oxygen atoms in total. The fourth-order valence-corrected chi connectivity index (χ4v) is 1.44. The number of nitrogens with one attached hydrogen (secondary N) is 1. The van der Waals surface area contributed by atoms with E-state index >= 15 is 0 Å². The zero-order valence-electron chi connectivity index (χ0n) is 11.2. The van der Waals surface area contributed by atoms with Crippen LogP contribution in [0.3, 0.4) is 0 Å². The van der Waals surface area contributed by atoms with E-state index in [-0.39, 0.29) is 34.8 Å². The molecule has 0 saturated carbocycles. The third kappa shape index (κ3) is 4.00. The van der Waals surface area contributed by atoms with Crippen LogP contribution in [0.1, 0.15) is 11.5 Å². The molecular formula is C13H12N6O3. The Hall–Kier alpha value is -3.49. The van der Waals surface area contributed by atoms with E-state index in [4.69, 9.17) is 11.5 Å². The number of aromatic amines is 1. The molecular weight excluding hydrogens is 288 g/mol. The molecule has 0 radical (unpaired) electrons. The molecule has 0 aromatic carbocycles. The summed E-state index contributed by atoms with van der Waals surface area (Å²) in [6.07, 6.45) is 6.23. The summed E-state index contributed by atoms with van der Waals surface area (Å²) < 4.78 is 0. The van der Waals surface area contributed by atoms with Gasteiger partial charge in [-0.05, 0) is 24.3 Å². The van der Waals surface area contributed by atoms with Gasteiger partial charge in [-0.3, -0.25) is 14.6 Å². The minimum atomic E-state index is -0.414. The maximum atomic E-state index is 11.7. The molecule has 0 aliphatic heterocycles. The molecule has 0 aliphatic rings. The van der Waals surface area contributed by atoms with Crippen LogP contribution in [0.25, 0.3) is 12.2 Å². The number of nitrogens with zero attached hydrogens (tertiary/aromatic N) is 3. The fraction of sp³-hybridized carbons (Fsp3) is 0. The van der Waals surface area contributed by atoms with Gasteiger partial charge in [0.1, 0.15) is 0 Å². The predicted molar refractivity (Wildman–Crippen MR) is 80.5 cm³/mol. The van der Waals surface area contributed by atoms with Gasteiger partial charge in [0, 0.05) is 6.07 Å². The number of nitrogens with two attached hydrogens (primary N) is 2. The summed E-state index contributed by atoms with van der Waals surface area (Å²) in [5, 5.41) is 9.18. The Bertz CT molecular complexity index is 825. The van der Waals surface area contributed by atoms with Crippen LogP contribution in [0.4, 0.5) is 11.8 Å². The summed E-state index contributed by atoms with van der Waals surface area (Å²) in [6.45, 7) is 0. The summed E-state index contributed by atoms with van der Waals surface area (Å²) in [4.78, 5) is 36.5. The quantitative estimate of drug-likeness (QED) is 0.561. The zero-order valence-corrected chi connectivity index (χ0v) is 11.2. The fourth-order valence-electron chi connectivity index (χ4n) is 1.44. The minimum absolute atomic E-state index is 0.0388. The number of carbonyl (C=O) groups is 1. The van der Waals surface area contributed by atoms with Crippen molar-refractivity contribution in [2.24, 2.45) is 0 Å². The largest absolute Gasteiger partial charge is 0.503 e. The first-order chi connectivity index (χ1) is 10.4. The zero-order chi connectivity index (χ0) is 16.1. The average Bonchev–Trinajstić information content (AvgIpc) is 2.45. The number of aromatic nitrogens is 4. The molecule has 6 N–H and O–H groups in total. The first-order valence-corrected chi connectivity index (χ1v) is 6.02. The van der Waals surface area contributed by atoms with Gasteiger partial charge in [0.05, 0.1) is 11.9 Å². The highest BCUT2D eigenvalue weighted by atomic mass is 16.3. The lowest BCUT2D eigenvalue weighted by molar-refractivity contribution is -0.110. The van der Waals surface area contributed by atoms with E-state index < -0.39 is 5.56 Å². The van der Waals surface area contributed by atoms with Gasteiger partial charge in [-0.2, -0.15) is 0 Å². The second-order valence-electron chi connectivity index (χ2n) is 4.12. The van der Waals surface area contributed by atoms with Crippen LogP contribution < -0.4 is 17.0 Å². The lowest BCUT2D eigenvalue weighted by atomic mass is 10.2. The number of carbonyl (C=O) groups excluding carboxylic acids is 1. The molecule has 112 valence electrons. The van der Waals surface area contributed by atoms with Crippen molar-refractivity contribution in [3.05, 3.63) is 46.3 Å². The standard InChI is InChI=1S/C13H12N6O3/c14-12-9(21)6-16-10(18-12)4-3-8(20)2-1-7-5-11(22)19-13(15)17-7/h1-6,21H,(H2,14,16,18)(H3,15,17,19,22)/b2-1+,4-3+. The Kier molecular flexibility index (Phi) is 4.27. The second-order valence-corrected chi connectivity index (χ2v) is 4.12. The highest BCUT2D eigenvalue weighted by Crippen LogP contribution is 2.14. The molecule has 2 rings (SSSR count). The number of allylic oxidation sites excluding steroid dienone is 2. The lowest BCUT2D eigenvalue weighted by Crippen LogP contribution is -2.10. The van der Waals surface area contributed by atoms with Crippen molar-refractivity contribution >= 4 is 29.7 Å². The topological polar surface area (TPSA) is 161 Å². The van der Waals surface area contributed by atoms with Crippen LogP contribution in [0.2, 0.25) is 0 Å². The SMILES string of the molecule is Nc1nc(/C=C/C(=O)/C=C/c2ncc(O)c(N)n2)cc(=O)[nH]1. The third-order valence-electron chi connectivity index (χ3n) is 2.41. The molecule has 2 heterocycles. The van der Waals surface area contributed by atoms with Gasteiger partial charge in [0.15, 0.2) is 23.2 Å². The van der Waals surface area contributed by atoms with Gasteiger partial charge in [0.25, 0.3) is 5.56 Å². The van der Waals surface area contributed by atoms with Crippen LogP contribution in [0.15, 0.2) is 29.2 Å². The van der Waals surface area contributed by atoms with Gasteiger partial charge >= 0.3 is 0 Å². The summed E-state index contributed by atoms with van der Waals surface area (Å²) in [6, 6.07) is 1.20. The van der Waals surface area contributed by atoms with Crippen molar-refractivity contribution in [1.29, 1.82) is 0 Å². The lowest BCUT2D eigenvalue weighted by Gasteiger charge is -1.97. The minimum Gasteiger partial charge on any atom is -0.503 e. The van der Waals surface area contributed by atoms with Crippen LogP contribution in [0, 0.1) is 0 Å². The van der Waals surface area contributed by atoms with Crippen molar-refractivity contribution in [1.82, 2.24) is 19.9 Å². The molecule has 2 aromatic rings. The smallest absolute Gasteiger partial charge is 0.252 e. The van der Waals surface area contributed by atoms with Gasteiger partial charge in [-0.25, -0.2) is 15.0 Å². The monoisotopic (exact) mass is 300 g/mol. The van der Waals surface area contributed by atoms with E-state index in [0.29, 0.717) is 0 Å². The van der Waals surface area contributed by atoms with E-state index in [1.165, 1.54) is 30.4 Å². The molecule has 0 spiro atoms. The normalized spacial score (nSPS) is 11.3. The highest BCUT2D eigenvalue weighted by molar-refractivity contribution is 6.04. The van der Waals surface area contributed by atoms with Crippen molar-refractivity contribution in [2.45, 2.75) is 0 Å². The summed E-state index contributed by atoms with van der Waals surface area (Å²) >= 11 is 0. The molecule has 0 fully saturated rings.